The Hall–Kier alpha value is -2.19. The molecule has 0 unspecified atom stereocenters. The van der Waals surface area contributed by atoms with Gasteiger partial charge in [0, 0.05) is 37.6 Å². The summed E-state index contributed by atoms with van der Waals surface area (Å²) >= 11 is 0. The highest BCUT2D eigenvalue weighted by Gasteiger charge is 2.17. The lowest BCUT2D eigenvalue weighted by Gasteiger charge is -2.11. The minimum atomic E-state index is -3.64. The van der Waals surface area contributed by atoms with Gasteiger partial charge in [-0.15, -0.1) is 0 Å². The molecule has 8 heteroatoms. The summed E-state index contributed by atoms with van der Waals surface area (Å²) < 4.78 is 29.2. The Morgan fingerprint density at radius 1 is 1.33 bits per heavy atom. The quantitative estimate of drug-likeness (QED) is 0.702. The number of aryl methyl sites for hydroxylation is 2. The first-order chi connectivity index (χ1) is 11.4. The number of nitrogens with one attached hydrogen (secondary N) is 2. The molecule has 0 bridgehead atoms. The zero-order valence-electron chi connectivity index (χ0n) is 13.8. The normalized spacial score (nSPS) is 11.4. The van der Waals surface area contributed by atoms with Crippen LogP contribution in [0.2, 0.25) is 0 Å². The molecule has 0 atom stereocenters. The summed E-state index contributed by atoms with van der Waals surface area (Å²) in [7, 11) is -3.64. The van der Waals surface area contributed by atoms with Crippen LogP contribution >= 0.6 is 0 Å². The smallest absolute Gasteiger partial charge is 0.251 e. The van der Waals surface area contributed by atoms with E-state index in [2.05, 4.69) is 15.0 Å². The molecule has 0 saturated carbocycles. The molecule has 1 aromatic carbocycles. The Bertz CT molecular complexity index is 786. The largest absolute Gasteiger partial charge is 0.352 e. The summed E-state index contributed by atoms with van der Waals surface area (Å²) in [5.41, 5.74) is 1.11. The van der Waals surface area contributed by atoms with Crippen LogP contribution in [0, 0.1) is 6.92 Å². The molecule has 0 saturated heterocycles. The van der Waals surface area contributed by atoms with Crippen LogP contribution in [-0.4, -0.2) is 37.0 Å². The molecule has 2 rings (SSSR count). The van der Waals surface area contributed by atoms with Gasteiger partial charge in [-0.05, 0) is 38.0 Å². The Balaban J connectivity index is 2.02. The van der Waals surface area contributed by atoms with E-state index in [9.17, 15) is 13.2 Å². The van der Waals surface area contributed by atoms with E-state index in [1.807, 2.05) is 17.7 Å². The van der Waals surface area contributed by atoms with Crippen molar-refractivity contribution in [2.24, 2.45) is 0 Å². The van der Waals surface area contributed by atoms with Crippen molar-refractivity contribution < 1.29 is 13.2 Å². The van der Waals surface area contributed by atoms with E-state index >= 15 is 0 Å². The first-order valence-electron chi connectivity index (χ1n) is 7.78. The maximum Gasteiger partial charge on any atom is 0.251 e. The zero-order chi connectivity index (χ0) is 17.6. The average Bonchev–Trinajstić information content (AvgIpc) is 3.05. The van der Waals surface area contributed by atoms with Crippen LogP contribution in [0.5, 0.6) is 0 Å². The van der Waals surface area contributed by atoms with Crippen LogP contribution in [0.25, 0.3) is 0 Å². The van der Waals surface area contributed by atoms with Gasteiger partial charge in [0.2, 0.25) is 10.0 Å². The molecule has 0 aliphatic carbocycles. The van der Waals surface area contributed by atoms with E-state index in [0.29, 0.717) is 31.6 Å². The number of hydrogen-bond acceptors (Lipinski definition) is 4. The van der Waals surface area contributed by atoms with E-state index in [0.717, 1.165) is 5.56 Å². The molecule has 7 nitrogen and oxygen atoms in total. The van der Waals surface area contributed by atoms with Crippen molar-refractivity contribution in [3.05, 3.63) is 48.0 Å². The molecule has 1 aromatic heterocycles. The Morgan fingerprint density at radius 3 is 2.79 bits per heavy atom. The first-order valence-corrected chi connectivity index (χ1v) is 9.26. The number of carbonyl (C=O) groups excluding carboxylic acids is 1. The summed E-state index contributed by atoms with van der Waals surface area (Å²) in [4.78, 5) is 16.0. The fraction of sp³-hybridized carbons (Fsp3) is 0.375. The fourth-order valence-electron chi connectivity index (χ4n) is 2.24. The van der Waals surface area contributed by atoms with E-state index in [1.165, 1.54) is 12.1 Å². The van der Waals surface area contributed by atoms with Gasteiger partial charge in [0.25, 0.3) is 5.91 Å². The number of imidazole rings is 1. The van der Waals surface area contributed by atoms with Gasteiger partial charge in [-0.25, -0.2) is 18.1 Å². The molecule has 1 amide bonds. The number of sulfonamides is 1. The summed E-state index contributed by atoms with van der Waals surface area (Å²) in [6, 6.07) is 4.57. The molecule has 0 radical (unpaired) electrons. The topological polar surface area (TPSA) is 93.1 Å². The van der Waals surface area contributed by atoms with Crippen molar-refractivity contribution in [3.8, 4) is 0 Å². The average molecular weight is 350 g/mol. The van der Waals surface area contributed by atoms with Gasteiger partial charge < -0.3 is 9.88 Å². The summed E-state index contributed by atoms with van der Waals surface area (Å²) in [5, 5.41) is 2.69. The Morgan fingerprint density at radius 2 is 2.12 bits per heavy atom. The highest BCUT2D eigenvalue weighted by Crippen LogP contribution is 2.15. The van der Waals surface area contributed by atoms with Crippen molar-refractivity contribution in [3.63, 3.8) is 0 Å². The van der Waals surface area contributed by atoms with Gasteiger partial charge in [-0.1, -0.05) is 6.07 Å². The standard InChI is InChI=1S/C16H22N4O3S/c1-3-18-16(21)15-11-14(6-5-13(15)2)24(22,23)19-7-4-9-20-10-8-17-12-20/h5-6,8,10-12,19H,3-4,7,9H2,1-2H3,(H,18,21). The van der Waals surface area contributed by atoms with Gasteiger partial charge in [0.1, 0.15) is 0 Å². The molecule has 0 aliphatic rings. The third kappa shape index (κ3) is 4.65. The number of rotatable bonds is 8. The molecule has 24 heavy (non-hydrogen) atoms. The predicted molar refractivity (Wildman–Crippen MR) is 91.2 cm³/mol. The van der Waals surface area contributed by atoms with Gasteiger partial charge in [-0.2, -0.15) is 0 Å². The lowest BCUT2D eigenvalue weighted by atomic mass is 10.1. The molecule has 2 N–H and O–H groups in total. The molecule has 0 aliphatic heterocycles. The maximum atomic E-state index is 12.4. The van der Waals surface area contributed by atoms with Crippen LogP contribution in [0.15, 0.2) is 41.8 Å². The van der Waals surface area contributed by atoms with Crippen molar-refractivity contribution in [2.45, 2.75) is 31.7 Å². The van der Waals surface area contributed by atoms with Gasteiger partial charge in [-0.3, -0.25) is 4.79 Å². The molecular weight excluding hydrogens is 328 g/mol. The number of amides is 1. The number of benzene rings is 1. The SMILES string of the molecule is CCNC(=O)c1cc(S(=O)(=O)NCCCn2ccnc2)ccc1C. The second-order valence-corrected chi connectivity index (χ2v) is 7.15. The number of nitrogens with zero attached hydrogens (tertiary/aromatic N) is 2. The summed E-state index contributed by atoms with van der Waals surface area (Å²) in [5.74, 6) is -0.271. The number of aromatic nitrogens is 2. The fourth-order valence-corrected chi connectivity index (χ4v) is 3.34. The van der Waals surface area contributed by atoms with Crippen molar-refractivity contribution in [1.29, 1.82) is 0 Å². The van der Waals surface area contributed by atoms with Gasteiger partial charge in [0.05, 0.1) is 11.2 Å². The minimum Gasteiger partial charge on any atom is -0.352 e. The lowest BCUT2D eigenvalue weighted by Crippen LogP contribution is -2.27. The van der Waals surface area contributed by atoms with Gasteiger partial charge in [0.15, 0.2) is 0 Å². The second kappa shape index (κ2) is 8.07. The molecule has 0 spiro atoms. The monoisotopic (exact) mass is 350 g/mol. The number of hydrogen-bond donors (Lipinski definition) is 2. The van der Waals surface area contributed by atoms with Gasteiger partial charge >= 0.3 is 0 Å². The number of carbonyl (C=O) groups is 1. The zero-order valence-corrected chi connectivity index (χ0v) is 14.6. The van der Waals surface area contributed by atoms with E-state index in [4.69, 9.17) is 0 Å². The molecule has 0 fully saturated rings. The molecule has 1 heterocycles. The van der Waals surface area contributed by atoms with Crippen molar-refractivity contribution >= 4 is 15.9 Å². The minimum absolute atomic E-state index is 0.0944. The van der Waals surface area contributed by atoms with Crippen LogP contribution < -0.4 is 10.0 Å². The van der Waals surface area contributed by atoms with Crippen LogP contribution in [0.4, 0.5) is 0 Å². The summed E-state index contributed by atoms with van der Waals surface area (Å²) in [6.07, 6.45) is 5.84. The highest BCUT2D eigenvalue weighted by molar-refractivity contribution is 7.89. The van der Waals surface area contributed by atoms with Crippen LogP contribution in [0.3, 0.4) is 0 Å². The molecule has 2 aromatic rings. The Labute approximate surface area is 142 Å². The third-order valence-corrected chi connectivity index (χ3v) is 5.00. The molecular formula is C16H22N4O3S. The molecule has 130 valence electrons. The lowest BCUT2D eigenvalue weighted by molar-refractivity contribution is 0.0955. The van der Waals surface area contributed by atoms with Crippen LogP contribution in [0.1, 0.15) is 29.3 Å². The highest BCUT2D eigenvalue weighted by atomic mass is 32.2. The van der Waals surface area contributed by atoms with E-state index in [-0.39, 0.29) is 10.8 Å². The predicted octanol–water partition coefficient (Wildman–Crippen LogP) is 1.31. The van der Waals surface area contributed by atoms with Crippen molar-refractivity contribution in [2.75, 3.05) is 13.1 Å². The first kappa shape index (κ1) is 18.2. The van der Waals surface area contributed by atoms with Crippen LogP contribution in [-0.2, 0) is 16.6 Å². The van der Waals surface area contributed by atoms with E-state index < -0.39 is 10.0 Å². The summed E-state index contributed by atoms with van der Waals surface area (Å²) in [6.45, 7) is 5.07. The van der Waals surface area contributed by atoms with Crippen molar-refractivity contribution in [1.82, 2.24) is 19.6 Å². The Kier molecular flexibility index (Phi) is 6.10. The van der Waals surface area contributed by atoms with E-state index in [1.54, 1.807) is 25.5 Å². The third-order valence-electron chi connectivity index (χ3n) is 3.55. The second-order valence-electron chi connectivity index (χ2n) is 5.39. The maximum absolute atomic E-state index is 12.4.